The molecule has 0 saturated carbocycles. The van der Waals surface area contributed by atoms with Crippen LogP contribution >= 0.6 is 0 Å². The molecule has 0 unspecified atom stereocenters. The summed E-state index contributed by atoms with van der Waals surface area (Å²) in [6.45, 7) is 0.586. The maximum Gasteiger partial charge on any atom is 0.325 e. The molecule has 1 aliphatic heterocycles. The number of benzene rings is 2. The van der Waals surface area contributed by atoms with Crippen molar-refractivity contribution >= 4 is 23.5 Å². The Morgan fingerprint density at radius 1 is 1.18 bits per heavy atom. The van der Waals surface area contributed by atoms with Crippen molar-refractivity contribution in [1.29, 1.82) is 5.26 Å². The molecule has 4 amide bonds. The summed E-state index contributed by atoms with van der Waals surface area (Å²) in [7, 11) is 0. The van der Waals surface area contributed by atoms with Crippen molar-refractivity contribution in [2.24, 2.45) is 0 Å². The third kappa shape index (κ3) is 3.30. The number of halogens is 1. The Labute approximate surface area is 161 Å². The first-order valence-electron chi connectivity index (χ1n) is 8.50. The summed E-state index contributed by atoms with van der Waals surface area (Å²) in [5.41, 5.74) is -1.13. The SMILES string of the molecule is C[C@]1(c2ccccc2F)NC(=O)N(CC(=O)N(CC#N)c2ccccc2)C1=O. The van der Waals surface area contributed by atoms with Crippen molar-refractivity contribution in [3.05, 3.63) is 66.0 Å². The summed E-state index contributed by atoms with van der Waals surface area (Å²) in [6, 6.07) is 15.2. The van der Waals surface area contributed by atoms with Crippen LogP contribution in [0.3, 0.4) is 0 Å². The first-order valence-corrected chi connectivity index (χ1v) is 8.50. The van der Waals surface area contributed by atoms with Crippen molar-refractivity contribution < 1.29 is 18.8 Å². The molecule has 1 atom stereocenters. The highest BCUT2D eigenvalue weighted by Gasteiger charge is 2.50. The van der Waals surface area contributed by atoms with Gasteiger partial charge in [0.25, 0.3) is 5.91 Å². The summed E-state index contributed by atoms with van der Waals surface area (Å²) in [5, 5.41) is 11.5. The summed E-state index contributed by atoms with van der Waals surface area (Å²) in [6.07, 6.45) is 0. The Balaban J connectivity index is 1.85. The first-order chi connectivity index (χ1) is 13.4. The van der Waals surface area contributed by atoms with Gasteiger partial charge in [-0.05, 0) is 25.1 Å². The van der Waals surface area contributed by atoms with E-state index in [0.717, 1.165) is 4.90 Å². The van der Waals surface area contributed by atoms with Gasteiger partial charge in [-0.15, -0.1) is 0 Å². The van der Waals surface area contributed by atoms with Gasteiger partial charge in [0.2, 0.25) is 5.91 Å². The Hall–Kier alpha value is -3.73. The van der Waals surface area contributed by atoms with Crippen molar-refractivity contribution in [1.82, 2.24) is 10.2 Å². The largest absolute Gasteiger partial charge is 0.325 e. The molecule has 0 bridgehead atoms. The first kappa shape index (κ1) is 19.0. The van der Waals surface area contributed by atoms with Gasteiger partial charge in [-0.1, -0.05) is 36.4 Å². The Kier molecular flexibility index (Phi) is 5.09. The molecule has 3 rings (SSSR count). The minimum absolute atomic E-state index is 0.0141. The van der Waals surface area contributed by atoms with Crippen LogP contribution in [0.25, 0.3) is 0 Å². The van der Waals surface area contributed by atoms with E-state index in [4.69, 9.17) is 5.26 Å². The molecule has 0 aliphatic carbocycles. The van der Waals surface area contributed by atoms with Crippen LogP contribution in [-0.4, -0.2) is 35.8 Å². The van der Waals surface area contributed by atoms with Gasteiger partial charge < -0.3 is 5.32 Å². The standard InChI is InChI=1S/C20H17FN4O3/c1-20(15-9-5-6-10-16(15)21)18(27)25(19(28)23-20)13-17(26)24(12-11-22)14-7-3-2-4-8-14/h2-10H,12-13H2,1H3,(H,23,28)/t20-/m1/s1. The minimum atomic E-state index is -1.62. The van der Waals surface area contributed by atoms with Gasteiger partial charge in [-0.3, -0.25) is 19.4 Å². The molecular weight excluding hydrogens is 363 g/mol. The van der Waals surface area contributed by atoms with E-state index in [9.17, 15) is 18.8 Å². The topological polar surface area (TPSA) is 93.5 Å². The molecule has 2 aromatic rings. The molecule has 28 heavy (non-hydrogen) atoms. The molecule has 142 valence electrons. The highest BCUT2D eigenvalue weighted by Crippen LogP contribution is 2.30. The molecule has 0 radical (unpaired) electrons. The van der Waals surface area contributed by atoms with Gasteiger partial charge >= 0.3 is 6.03 Å². The summed E-state index contributed by atoms with van der Waals surface area (Å²) < 4.78 is 14.2. The molecule has 1 fully saturated rings. The van der Waals surface area contributed by atoms with Gasteiger partial charge in [0.05, 0.1) is 6.07 Å². The highest BCUT2D eigenvalue weighted by molar-refractivity contribution is 6.10. The number of imide groups is 1. The number of para-hydroxylation sites is 1. The summed E-state index contributed by atoms with van der Waals surface area (Å²) in [5.74, 6) is -1.97. The van der Waals surface area contributed by atoms with Crippen molar-refractivity contribution in [2.45, 2.75) is 12.5 Å². The van der Waals surface area contributed by atoms with Crippen molar-refractivity contribution in [3.8, 4) is 6.07 Å². The molecule has 1 N–H and O–H groups in total. The third-order valence-electron chi connectivity index (χ3n) is 4.58. The predicted octanol–water partition coefficient (Wildman–Crippen LogP) is 2.15. The fraction of sp³-hybridized carbons (Fsp3) is 0.200. The zero-order valence-corrected chi connectivity index (χ0v) is 15.1. The lowest BCUT2D eigenvalue weighted by atomic mass is 9.91. The average molecular weight is 380 g/mol. The van der Waals surface area contributed by atoms with E-state index in [-0.39, 0.29) is 12.1 Å². The lowest BCUT2D eigenvalue weighted by molar-refractivity contribution is -0.134. The van der Waals surface area contributed by atoms with Crippen LogP contribution < -0.4 is 10.2 Å². The van der Waals surface area contributed by atoms with Crippen LogP contribution in [0.1, 0.15) is 12.5 Å². The van der Waals surface area contributed by atoms with E-state index in [1.54, 1.807) is 36.4 Å². The second-order valence-corrected chi connectivity index (χ2v) is 6.40. The fourth-order valence-corrected chi connectivity index (χ4v) is 3.11. The number of nitrogens with one attached hydrogen (secondary N) is 1. The number of anilines is 1. The van der Waals surface area contributed by atoms with E-state index in [1.807, 2.05) is 6.07 Å². The van der Waals surface area contributed by atoms with Crippen LogP contribution in [0.2, 0.25) is 0 Å². The molecule has 1 heterocycles. The molecule has 8 heteroatoms. The zero-order valence-electron chi connectivity index (χ0n) is 15.1. The van der Waals surface area contributed by atoms with Crippen LogP contribution in [0, 0.1) is 17.1 Å². The van der Waals surface area contributed by atoms with E-state index in [1.165, 1.54) is 30.0 Å². The van der Waals surface area contributed by atoms with E-state index >= 15 is 0 Å². The quantitative estimate of drug-likeness (QED) is 0.635. The summed E-state index contributed by atoms with van der Waals surface area (Å²) in [4.78, 5) is 39.9. The number of nitrogens with zero attached hydrogens (tertiary/aromatic N) is 3. The third-order valence-corrected chi connectivity index (χ3v) is 4.58. The van der Waals surface area contributed by atoms with E-state index in [2.05, 4.69) is 5.32 Å². The molecule has 7 nitrogen and oxygen atoms in total. The molecule has 1 aliphatic rings. The lowest BCUT2D eigenvalue weighted by Crippen LogP contribution is -2.45. The minimum Gasteiger partial charge on any atom is -0.319 e. The van der Waals surface area contributed by atoms with Crippen LogP contribution in [0.15, 0.2) is 54.6 Å². The number of carbonyl (C=O) groups excluding carboxylic acids is 3. The number of amides is 4. The fourth-order valence-electron chi connectivity index (χ4n) is 3.11. The lowest BCUT2D eigenvalue weighted by Gasteiger charge is -2.24. The van der Waals surface area contributed by atoms with Gasteiger partial charge in [-0.25, -0.2) is 9.18 Å². The van der Waals surface area contributed by atoms with E-state index < -0.39 is 35.7 Å². The van der Waals surface area contributed by atoms with Gasteiger partial charge in [0.15, 0.2) is 0 Å². The molecule has 0 spiro atoms. The van der Waals surface area contributed by atoms with Crippen LogP contribution in [-0.2, 0) is 15.1 Å². The van der Waals surface area contributed by atoms with Crippen molar-refractivity contribution in [3.63, 3.8) is 0 Å². The van der Waals surface area contributed by atoms with Gasteiger partial charge in [-0.2, -0.15) is 5.26 Å². The zero-order chi connectivity index (χ0) is 20.3. The number of urea groups is 1. The van der Waals surface area contributed by atoms with Crippen molar-refractivity contribution in [2.75, 3.05) is 18.0 Å². The second kappa shape index (κ2) is 7.48. The maximum atomic E-state index is 14.2. The molecule has 0 aromatic heterocycles. The van der Waals surface area contributed by atoms with Gasteiger partial charge in [0.1, 0.15) is 24.4 Å². The Bertz CT molecular complexity index is 973. The number of nitriles is 1. The number of hydrogen-bond acceptors (Lipinski definition) is 4. The summed E-state index contributed by atoms with van der Waals surface area (Å²) >= 11 is 0. The van der Waals surface area contributed by atoms with Crippen LogP contribution in [0.4, 0.5) is 14.9 Å². The molecule has 2 aromatic carbocycles. The Morgan fingerprint density at radius 3 is 2.46 bits per heavy atom. The average Bonchev–Trinajstić information content (AvgIpc) is 2.90. The number of carbonyl (C=O) groups is 3. The van der Waals surface area contributed by atoms with E-state index in [0.29, 0.717) is 5.69 Å². The van der Waals surface area contributed by atoms with Gasteiger partial charge in [0, 0.05) is 11.3 Å². The monoisotopic (exact) mass is 380 g/mol. The highest BCUT2D eigenvalue weighted by atomic mass is 19.1. The number of rotatable bonds is 5. The molecular formula is C20H17FN4O3. The number of hydrogen-bond donors (Lipinski definition) is 1. The normalized spacial score (nSPS) is 18.5. The smallest absolute Gasteiger partial charge is 0.319 e. The Morgan fingerprint density at radius 2 is 1.82 bits per heavy atom. The second-order valence-electron chi connectivity index (χ2n) is 6.40. The predicted molar refractivity (Wildman–Crippen MR) is 98.4 cm³/mol. The molecule has 1 saturated heterocycles. The van der Waals surface area contributed by atoms with Crippen LogP contribution in [0.5, 0.6) is 0 Å². The maximum absolute atomic E-state index is 14.2.